The van der Waals surface area contributed by atoms with Gasteiger partial charge in [-0.25, -0.2) is 9.99 Å². The molecule has 3 aromatic rings. The lowest BCUT2D eigenvalue weighted by atomic mass is 10.3. The highest BCUT2D eigenvalue weighted by Crippen LogP contribution is 2.23. The van der Waals surface area contributed by atoms with Crippen molar-refractivity contribution in [1.82, 2.24) is 4.98 Å². The molecule has 0 aliphatic carbocycles. The van der Waals surface area contributed by atoms with Gasteiger partial charge in [0.2, 0.25) is 0 Å². The number of nitrogens with one attached hydrogen (secondary N) is 1. The Hall–Kier alpha value is -2.81. The van der Waals surface area contributed by atoms with Crippen molar-refractivity contribution in [3.8, 4) is 0 Å². The fraction of sp³-hybridized carbons (Fsp3) is 0. The third kappa shape index (κ3) is 2.78. The summed E-state index contributed by atoms with van der Waals surface area (Å²) in [5, 5.41) is 1.97. The number of para-hydroxylation sites is 2. The van der Waals surface area contributed by atoms with Crippen molar-refractivity contribution in [2.75, 3.05) is 10.4 Å². The van der Waals surface area contributed by atoms with E-state index in [1.165, 1.54) is 0 Å². The lowest BCUT2D eigenvalue weighted by Gasteiger charge is -2.25. The Morgan fingerprint density at radius 2 is 1.35 bits per heavy atom. The minimum absolute atomic E-state index is 0.850. The molecule has 0 bridgehead atoms. The number of anilines is 3. The van der Waals surface area contributed by atoms with Gasteiger partial charge in [0.1, 0.15) is 0 Å². The molecule has 0 amide bonds. The first-order valence-corrected chi connectivity index (χ1v) is 6.51. The summed E-state index contributed by atoms with van der Waals surface area (Å²) in [4.78, 5) is 4.42. The highest BCUT2D eigenvalue weighted by Gasteiger charge is 2.09. The van der Waals surface area contributed by atoms with Crippen LogP contribution in [-0.2, 0) is 0 Å². The van der Waals surface area contributed by atoms with Crippen LogP contribution >= 0.6 is 0 Å². The highest BCUT2D eigenvalue weighted by atomic mass is 15.5. The van der Waals surface area contributed by atoms with Gasteiger partial charge in [-0.1, -0.05) is 42.5 Å². The minimum atomic E-state index is 0.850. The van der Waals surface area contributed by atoms with Crippen molar-refractivity contribution in [1.29, 1.82) is 0 Å². The summed E-state index contributed by atoms with van der Waals surface area (Å²) in [6.07, 6.45) is 1.79. The molecule has 0 aliphatic heterocycles. The highest BCUT2D eigenvalue weighted by molar-refractivity contribution is 5.65. The Morgan fingerprint density at radius 1 is 0.700 bits per heavy atom. The Balaban J connectivity index is 1.96. The number of nitrogens with zero attached hydrogens (tertiary/aromatic N) is 2. The van der Waals surface area contributed by atoms with Crippen LogP contribution in [-0.4, -0.2) is 4.98 Å². The Morgan fingerprint density at radius 3 is 2.00 bits per heavy atom. The molecule has 3 nitrogen and oxygen atoms in total. The minimum Gasteiger partial charge on any atom is -0.292 e. The van der Waals surface area contributed by atoms with E-state index in [1.807, 2.05) is 83.9 Å². The van der Waals surface area contributed by atoms with Gasteiger partial charge < -0.3 is 0 Å². The van der Waals surface area contributed by atoms with Crippen LogP contribution in [0.2, 0.25) is 0 Å². The molecule has 98 valence electrons. The van der Waals surface area contributed by atoms with Crippen LogP contribution in [0.4, 0.5) is 17.2 Å². The zero-order valence-electron chi connectivity index (χ0n) is 11.0. The maximum atomic E-state index is 4.42. The normalized spacial score (nSPS) is 10.0. The quantitative estimate of drug-likeness (QED) is 0.712. The van der Waals surface area contributed by atoms with Gasteiger partial charge in [0.15, 0.2) is 5.82 Å². The number of hydrogen-bond acceptors (Lipinski definition) is 3. The molecule has 1 N–H and O–H groups in total. The number of aromatic nitrogens is 1. The van der Waals surface area contributed by atoms with Crippen molar-refractivity contribution in [3.05, 3.63) is 85.1 Å². The van der Waals surface area contributed by atoms with E-state index in [0.717, 1.165) is 17.2 Å². The molecular weight excluding hydrogens is 246 g/mol. The van der Waals surface area contributed by atoms with Crippen LogP contribution in [0.25, 0.3) is 0 Å². The van der Waals surface area contributed by atoms with Gasteiger partial charge in [-0.2, -0.15) is 0 Å². The second-order valence-electron chi connectivity index (χ2n) is 4.34. The predicted molar refractivity (Wildman–Crippen MR) is 82.9 cm³/mol. The number of pyridine rings is 1. The molecule has 0 saturated carbocycles. The summed E-state index contributed by atoms with van der Waals surface area (Å²) >= 11 is 0. The van der Waals surface area contributed by atoms with E-state index < -0.39 is 0 Å². The maximum absolute atomic E-state index is 4.42. The van der Waals surface area contributed by atoms with Gasteiger partial charge in [0.25, 0.3) is 0 Å². The van der Waals surface area contributed by atoms with Gasteiger partial charge >= 0.3 is 0 Å². The molecule has 0 unspecified atom stereocenters. The van der Waals surface area contributed by atoms with E-state index in [9.17, 15) is 0 Å². The first-order valence-electron chi connectivity index (χ1n) is 6.51. The molecule has 0 spiro atoms. The van der Waals surface area contributed by atoms with Crippen LogP contribution in [0.15, 0.2) is 85.1 Å². The van der Waals surface area contributed by atoms with E-state index in [4.69, 9.17) is 0 Å². The molecular formula is C17H15N3. The van der Waals surface area contributed by atoms with Crippen molar-refractivity contribution in [2.24, 2.45) is 0 Å². The topological polar surface area (TPSA) is 28.2 Å². The van der Waals surface area contributed by atoms with Crippen molar-refractivity contribution < 1.29 is 0 Å². The molecule has 0 fully saturated rings. The zero-order chi connectivity index (χ0) is 13.6. The van der Waals surface area contributed by atoms with Crippen LogP contribution in [0.1, 0.15) is 0 Å². The lowest BCUT2D eigenvalue weighted by Crippen LogP contribution is -2.25. The van der Waals surface area contributed by atoms with Gasteiger partial charge in [-0.05, 0) is 36.4 Å². The SMILES string of the molecule is c1ccc(NN(c2ccccc2)c2ccccn2)cc1. The first kappa shape index (κ1) is 12.2. The maximum Gasteiger partial charge on any atom is 0.151 e. The van der Waals surface area contributed by atoms with Gasteiger partial charge in [0, 0.05) is 6.20 Å². The van der Waals surface area contributed by atoms with E-state index in [0.29, 0.717) is 0 Å². The fourth-order valence-electron chi connectivity index (χ4n) is 1.96. The molecule has 2 aromatic carbocycles. The van der Waals surface area contributed by atoms with E-state index >= 15 is 0 Å². The summed E-state index contributed by atoms with van der Waals surface area (Å²) in [5.41, 5.74) is 5.44. The monoisotopic (exact) mass is 261 g/mol. The first-order chi connectivity index (χ1) is 9.93. The summed E-state index contributed by atoms with van der Waals surface area (Å²) in [6.45, 7) is 0. The predicted octanol–water partition coefficient (Wildman–Crippen LogP) is 4.25. The van der Waals surface area contributed by atoms with Crippen molar-refractivity contribution in [3.63, 3.8) is 0 Å². The van der Waals surface area contributed by atoms with Crippen LogP contribution in [0.3, 0.4) is 0 Å². The Kier molecular flexibility index (Phi) is 3.60. The number of rotatable bonds is 4. The number of benzene rings is 2. The molecule has 1 aromatic heterocycles. The Labute approximate surface area is 118 Å². The van der Waals surface area contributed by atoms with Crippen LogP contribution < -0.4 is 10.4 Å². The van der Waals surface area contributed by atoms with Crippen LogP contribution in [0.5, 0.6) is 0 Å². The molecule has 3 heteroatoms. The summed E-state index contributed by atoms with van der Waals surface area (Å²) in [5.74, 6) is 0.850. The average Bonchev–Trinajstić information content (AvgIpc) is 2.55. The molecule has 20 heavy (non-hydrogen) atoms. The summed E-state index contributed by atoms with van der Waals surface area (Å²) < 4.78 is 0. The fourth-order valence-corrected chi connectivity index (χ4v) is 1.96. The van der Waals surface area contributed by atoms with E-state index in [2.05, 4.69) is 10.4 Å². The standard InChI is InChI=1S/C17H15N3/c1-3-9-15(10-4-1)19-20(16-11-5-2-6-12-16)17-13-7-8-14-18-17/h1-14,19H. The van der Waals surface area contributed by atoms with Crippen LogP contribution in [0, 0.1) is 0 Å². The third-order valence-corrected chi connectivity index (χ3v) is 2.91. The number of hydrogen-bond donors (Lipinski definition) is 1. The van der Waals surface area contributed by atoms with E-state index in [-0.39, 0.29) is 0 Å². The molecule has 0 radical (unpaired) electrons. The Bertz CT molecular complexity index is 599. The molecule has 0 aliphatic rings. The molecule has 0 atom stereocenters. The smallest absolute Gasteiger partial charge is 0.151 e. The second-order valence-corrected chi connectivity index (χ2v) is 4.34. The van der Waals surface area contributed by atoms with Gasteiger partial charge in [-0.3, -0.25) is 5.43 Å². The van der Waals surface area contributed by atoms with Gasteiger partial charge in [-0.15, -0.1) is 0 Å². The number of hydrazine groups is 1. The lowest BCUT2D eigenvalue weighted by molar-refractivity contribution is 1.10. The largest absolute Gasteiger partial charge is 0.292 e. The summed E-state index contributed by atoms with van der Waals surface area (Å²) in [6, 6.07) is 26.0. The zero-order valence-corrected chi connectivity index (χ0v) is 11.0. The molecule has 0 saturated heterocycles. The third-order valence-electron chi connectivity index (χ3n) is 2.91. The molecule has 3 rings (SSSR count). The second kappa shape index (κ2) is 5.89. The average molecular weight is 261 g/mol. The summed E-state index contributed by atoms with van der Waals surface area (Å²) in [7, 11) is 0. The van der Waals surface area contributed by atoms with Crippen molar-refractivity contribution in [2.45, 2.75) is 0 Å². The van der Waals surface area contributed by atoms with Crippen molar-refractivity contribution >= 4 is 17.2 Å². The van der Waals surface area contributed by atoms with E-state index in [1.54, 1.807) is 6.20 Å². The van der Waals surface area contributed by atoms with Gasteiger partial charge in [0.05, 0.1) is 11.4 Å². The molecule has 1 heterocycles.